The molecule has 0 aromatic heterocycles. The Bertz CT molecular complexity index is 607. The van der Waals surface area contributed by atoms with E-state index in [0.717, 1.165) is 11.4 Å². The lowest BCUT2D eigenvalue weighted by Crippen LogP contribution is -2.18. The topological polar surface area (TPSA) is 58.2 Å². The number of nitrogens with one attached hydrogen (secondary N) is 2. The highest BCUT2D eigenvalue weighted by Gasteiger charge is 2.10. The molecule has 0 amide bonds. The Morgan fingerprint density at radius 3 is 1.94 bits per heavy atom. The SMILES string of the molecule is CNS(=O)(=O)c1ccc(Nc2ccccc2)cc1. The van der Waals surface area contributed by atoms with E-state index >= 15 is 0 Å². The van der Waals surface area contributed by atoms with E-state index in [-0.39, 0.29) is 4.90 Å². The molecular formula is C13H14N2O2S. The fraction of sp³-hybridized carbons (Fsp3) is 0.0769. The van der Waals surface area contributed by atoms with Crippen molar-refractivity contribution in [3.05, 3.63) is 54.6 Å². The summed E-state index contributed by atoms with van der Waals surface area (Å²) in [4.78, 5) is 0.253. The molecule has 0 aliphatic carbocycles. The van der Waals surface area contributed by atoms with Gasteiger partial charge in [0.2, 0.25) is 10.0 Å². The van der Waals surface area contributed by atoms with Crippen LogP contribution in [0.25, 0.3) is 0 Å². The van der Waals surface area contributed by atoms with Crippen molar-refractivity contribution < 1.29 is 8.42 Å². The van der Waals surface area contributed by atoms with Gasteiger partial charge in [0.15, 0.2) is 0 Å². The number of sulfonamides is 1. The van der Waals surface area contributed by atoms with E-state index in [1.54, 1.807) is 24.3 Å². The van der Waals surface area contributed by atoms with Crippen molar-refractivity contribution in [2.24, 2.45) is 0 Å². The van der Waals surface area contributed by atoms with Crippen LogP contribution < -0.4 is 10.0 Å². The minimum absolute atomic E-state index is 0.253. The van der Waals surface area contributed by atoms with E-state index in [1.165, 1.54) is 7.05 Å². The Hall–Kier alpha value is -1.85. The van der Waals surface area contributed by atoms with E-state index in [2.05, 4.69) is 10.0 Å². The van der Waals surface area contributed by atoms with Crippen molar-refractivity contribution in [3.8, 4) is 0 Å². The summed E-state index contributed by atoms with van der Waals surface area (Å²) >= 11 is 0. The largest absolute Gasteiger partial charge is 0.356 e. The predicted molar refractivity (Wildman–Crippen MR) is 72.4 cm³/mol. The van der Waals surface area contributed by atoms with Crippen molar-refractivity contribution in [1.82, 2.24) is 4.72 Å². The van der Waals surface area contributed by atoms with Gasteiger partial charge in [-0.15, -0.1) is 0 Å². The highest BCUT2D eigenvalue weighted by molar-refractivity contribution is 7.89. The van der Waals surface area contributed by atoms with E-state index in [1.807, 2.05) is 30.3 Å². The molecule has 18 heavy (non-hydrogen) atoms. The van der Waals surface area contributed by atoms with Crippen molar-refractivity contribution in [2.75, 3.05) is 12.4 Å². The summed E-state index contributed by atoms with van der Waals surface area (Å²) in [6, 6.07) is 16.3. The third-order valence-electron chi connectivity index (χ3n) is 2.50. The lowest BCUT2D eigenvalue weighted by molar-refractivity contribution is 0.588. The first-order valence-electron chi connectivity index (χ1n) is 5.47. The zero-order chi connectivity index (χ0) is 13.0. The second-order valence-corrected chi connectivity index (χ2v) is 5.61. The maximum Gasteiger partial charge on any atom is 0.240 e. The molecule has 2 aromatic rings. The van der Waals surface area contributed by atoms with Gasteiger partial charge in [0.05, 0.1) is 4.90 Å². The van der Waals surface area contributed by atoms with Crippen LogP contribution in [0.1, 0.15) is 0 Å². The van der Waals surface area contributed by atoms with Gasteiger partial charge in [-0.05, 0) is 43.4 Å². The van der Waals surface area contributed by atoms with Crippen LogP contribution in [0.4, 0.5) is 11.4 Å². The Morgan fingerprint density at radius 2 is 1.39 bits per heavy atom. The van der Waals surface area contributed by atoms with Gasteiger partial charge in [-0.3, -0.25) is 0 Å². The summed E-state index contributed by atoms with van der Waals surface area (Å²) in [6.07, 6.45) is 0. The van der Waals surface area contributed by atoms with Crippen molar-refractivity contribution in [2.45, 2.75) is 4.90 Å². The molecule has 0 heterocycles. The molecule has 0 aliphatic heterocycles. The molecule has 5 heteroatoms. The number of hydrogen-bond donors (Lipinski definition) is 2. The molecule has 0 spiro atoms. The van der Waals surface area contributed by atoms with Crippen molar-refractivity contribution in [3.63, 3.8) is 0 Å². The fourth-order valence-electron chi connectivity index (χ4n) is 1.52. The van der Waals surface area contributed by atoms with Crippen molar-refractivity contribution >= 4 is 21.4 Å². The third-order valence-corrected chi connectivity index (χ3v) is 3.93. The molecule has 0 aliphatic rings. The zero-order valence-electron chi connectivity index (χ0n) is 9.92. The van der Waals surface area contributed by atoms with Crippen LogP contribution in [0.15, 0.2) is 59.5 Å². The second-order valence-electron chi connectivity index (χ2n) is 3.72. The minimum Gasteiger partial charge on any atom is -0.356 e. The summed E-state index contributed by atoms with van der Waals surface area (Å²) in [7, 11) is -1.97. The summed E-state index contributed by atoms with van der Waals surface area (Å²) in [6.45, 7) is 0. The molecule has 94 valence electrons. The molecule has 0 radical (unpaired) electrons. The average molecular weight is 262 g/mol. The summed E-state index contributed by atoms with van der Waals surface area (Å²) < 4.78 is 25.4. The van der Waals surface area contributed by atoms with Crippen LogP contribution in [0, 0.1) is 0 Å². The maximum absolute atomic E-state index is 11.5. The van der Waals surface area contributed by atoms with Crippen molar-refractivity contribution in [1.29, 1.82) is 0 Å². The molecular weight excluding hydrogens is 248 g/mol. The van der Waals surface area contributed by atoms with E-state index < -0.39 is 10.0 Å². The Balaban J connectivity index is 2.19. The van der Waals surface area contributed by atoms with Gasteiger partial charge in [-0.1, -0.05) is 18.2 Å². The quantitative estimate of drug-likeness (QED) is 0.889. The van der Waals surface area contributed by atoms with E-state index in [9.17, 15) is 8.42 Å². The Kier molecular flexibility index (Phi) is 3.64. The molecule has 2 N–H and O–H groups in total. The average Bonchev–Trinajstić information content (AvgIpc) is 2.40. The first-order valence-corrected chi connectivity index (χ1v) is 6.96. The summed E-state index contributed by atoms with van der Waals surface area (Å²) in [5, 5.41) is 3.19. The molecule has 0 saturated heterocycles. The third kappa shape index (κ3) is 2.88. The molecule has 0 bridgehead atoms. The fourth-order valence-corrected chi connectivity index (χ4v) is 2.25. The monoisotopic (exact) mass is 262 g/mol. The van der Waals surface area contributed by atoms with Crippen LogP contribution in [0.3, 0.4) is 0 Å². The zero-order valence-corrected chi connectivity index (χ0v) is 10.7. The number of para-hydroxylation sites is 1. The van der Waals surface area contributed by atoms with Gasteiger partial charge in [0.25, 0.3) is 0 Å². The predicted octanol–water partition coefficient (Wildman–Crippen LogP) is 2.34. The number of benzene rings is 2. The lowest BCUT2D eigenvalue weighted by atomic mass is 10.3. The van der Waals surface area contributed by atoms with Crippen LogP contribution in [0.2, 0.25) is 0 Å². The molecule has 2 rings (SSSR count). The normalized spacial score (nSPS) is 11.2. The molecule has 0 atom stereocenters. The maximum atomic E-state index is 11.5. The minimum atomic E-state index is -3.37. The van der Waals surface area contributed by atoms with Gasteiger partial charge in [-0.25, -0.2) is 13.1 Å². The van der Waals surface area contributed by atoms with E-state index in [4.69, 9.17) is 0 Å². The first kappa shape index (κ1) is 12.6. The summed E-state index contributed by atoms with van der Waals surface area (Å²) in [5.74, 6) is 0. The Labute approximate surface area is 107 Å². The van der Waals surface area contributed by atoms with Gasteiger partial charge in [0, 0.05) is 11.4 Å². The molecule has 4 nitrogen and oxygen atoms in total. The van der Waals surface area contributed by atoms with Crippen LogP contribution in [-0.4, -0.2) is 15.5 Å². The molecule has 0 saturated carbocycles. The second kappa shape index (κ2) is 5.20. The highest BCUT2D eigenvalue weighted by atomic mass is 32.2. The van der Waals surface area contributed by atoms with Gasteiger partial charge >= 0.3 is 0 Å². The highest BCUT2D eigenvalue weighted by Crippen LogP contribution is 2.18. The number of anilines is 2. The van der Waals surface area contributed by atoms with Gasteiger partial charge in [0.1, 0.15) is 0 Å². The van der Waals surface area contributed by atoms with E-state index in [0.29, 0.717) is 0 Å². The lowest BCUT2D eigenvalue weighted by Gasteiger charge is -2.07. The van der Waals surface area contributed by atoms with Gasteiger partial charge in [-0.2, -0.15) is 0 Å². The van der Waals surface area contributed by atoms with Crippen LogP contribution >= 0.6 is 0 Å². The smallest absolute Gasteiger partial charge is 0.240 e. The first-order chi connectivity index (χ1) is 8.62. The van der Waals surface area contributed by atoms with Crippen LogP contribution in [-0.2, 0) is 10.0 Å². The molecule has 0 unspecified atom stereocenters. The molecule has 2 aromatic carbocycles. The Morgan fingerprint density at radius 1 is 0.833 bits per heavy atom. The number of rotatable bonds is 4. The standard InChI is InChI=1S/C13H14N2O2S/c1-14-18(16,17)13-9-7-12(8-10-13)15-11-5-3-2-4-6-11/h2-10,14-15H,1H3. The summed E-state index contributed by atoms with van der Waals surface area (Å²) in [5.41, 5.74) is 1.80. The number of hydrogen-bond acceptors (Lipinski definition) is 3. The molecule has 0 fully saturated rings. The van der Waals surface area contributed by atoms with Crippen LogP contribution in [0.5, 0.6) is 0 Å². The van der Waals surface area contributed by atoms with Gasteiger partial charge < -0.3 is 5.32 Å².